The van der Waals surface area contributed by atoms with E-state index in [4.69, 9.17) is 9.47 Å². The minimum atomic E-state index is -0.712. The van der Waals surface area contributed by atoms with Crippen molar-refractivity contribution >= 4 is 45.2 Å². The lowest BCUT2D eigenvalue weighted by Crippen LogP contribution is -2.39. The van der Waals surface area contributed by atoms with Crippen molar-refractivity contribution in [2.45, 2.75) is 29.2 Å². The highest BCUT2D eigenvalue weighted by molar-refractivity contribution is 14.1. The highest BCUT2D eigenvalue weighted by atomic mass is 127. The van der Waals surface area contributed by atoms with E-state index in [-0.39, 0.29) is 10.2 Å². The number of halogens is 2. The first kappa shape index (κ1) is 22.7. The van der Waals surface area contributed by atoms with Crippen LogP contribution in [0, 0.1) is 0 Å². The summed E-state index contributed by atoms with van der Waals surface area (Å²) < 4.78 is 14.0. The third kappa shape index (κ3) is 5.40. The lowest BCUT2D eigenvalue weighted by atomic mass is 9.80. The Morgan fingerprint density at radius 1 is 0.759 bits per heavy atom. The second kappa shape index (κ2) is 11.4. The van der Waals surface area contributed by atoms with Crippen molar-refractivity contribution in [3.8, 4) is 0 Å². The van der Waals surface area contributed by atoms with Crippen LogP contribution in [0.5, 0.6) is 0 Å². The van der Waals surface area contributed by atoms with E-state index in [1.165, 1.54) is 0 Å². The van der Waals surface area contributed by atoms with Crippen LogP contribution < -0.4 is 0 Å². The maximum absolute atomic E-state index is 7.01. The van der Waals surface area contributed by atoms with Crippen LogP contribution in [0.3, 0.4) is 0 Å². The van der Waals surface area contributed by atoms with Crippen LogP contribution in [0.25, 0.3) is 0 Å². The summed E-state index contributed by atoms with van der Waals surface area (Å²) in [5, 5.41) is 0. The first-order valence-electron chi connectivity index (χ1n) is 9.88. The van der Waals surface area contributed by atoms with Gasteiger partial charge in [-0.15, -0.1) is 0 Å². The fourth-order valence-corrected chi connectivity index (χ4v) is 4.89. The molecule has 29 heavy (non-hydrogen) atoms. The molecular formula is C25H26I2O2. The molecule has 3 aromatic rings. The van der Waals surface area contributed by atoms with Gasteiger partial charge < -0.3 is 9.47 Å². The van der Waals surface area contributed by atoms with Gasteiger partial charge in [0.25, 0.3) is 0 Å². The fourth-order valence-electron chi connectivity index (χ4n) is 3.54. The molecule has 2 nitrogen and oxygen atoms in total. The van der Waals surface area contributed by atoms with Crippen molar-refractivity contribution in [1.82, 2.24) is 0 Å². The maximum atomic E-state index is 7.01. The smallest absolute Gasteiger partial charge is 0.145 e. The largest absolute Gasteiger partial charge is 0.374 e. The predicted molar refractivity (Wildman–Crippen MR) is 137 cm³/mol. The molecule has 0 aliphatic rings. The van der Waals surface area contributed by atoms with Crippen LogP contribution in [-0.4, -0.2) is 21.2 Å². The third-order valence-corrected chi connectivity index (χ3v) is 6.43. The molecule has 0 aliphatic heterocycles. The lowest BCUT2D eigenvalue weighted by molar-refractivity contribution is -0.0725. The monoisotopic (exact) mass is 612 g/mol. The van der Waals surface area contributed by atoms with E-state index >= 15 is 0 Å². The third-order valence-electron chi connectivity index (χ3n) is 4.93. The van der Waals surface area contributed by atoms with Crippen molar-refractivity contribution in [3.05, 3.63) is 108 Å². The summed E-state index contributed by atoms with van der Waals surface area (Å²) in [6, 6.07) is 31.5. The molecular weight excluding hydrogens is 586 g/mol. The Morgan fingerprint density at radius 2 is 1.17 bits per heavy atom. The van der Waals surface area contributed by atoms with Gasteiger partial charge in [-0.05, 0) is 45.7 Å². The molecule has 3 aromatic carbocycles. The minimum Gasteiger partial charge on any atom is -0.374 e. The Labute approximate surface area is 201 Å². The standard InChI is InChI=1S/C25H26I2O2/c1-2-23(28-19-18-26)24(27)29-25(20-12-6-3-7-13-20,21-14-8-4-9-15-21)22-16-10-5-11-17-22/h3-17,23-24H,2,18-19H2,1H3. The van der Waals surface area contributed by atoms with Gasteiger partial charge in [0, 0.05) is 4.43 Å². The lowest BCUT2D eigenvalue weighted by Gasteiger charge is -2.39. The van der Waals surface area contributed by atoms with Crippen molar-refractivity contribution in [2.75, 3.05) is 11.0 Å². The number of benzene rings is 3. The van der Waals surface area contributed by atoms with Crippen molar-refractivity contribution in [3.63, 3.8) is 0 Å². The molecule has 0 N–H and O–H groups in total. The number of hydrogen-bond acceptors (Lipinski definition) is 2. The fraction of sp³-hybridized carbons (Fsp3) is 0.280. The van der Waals surface area contributed by atoms with Gasteiger partial charge in [0.2, 0.25) is 0 Å². The number of hydrogen-bond donors (Lipinski definition) is 0. The van der Waals surface area contributed by atoms with Gasteiger partial charge in [-0.3, -0.25) is 0 Å². The topological polar surface area (TPSA) is 18.5 Å². The zero-order valence-corrected chi connectivity index (χ0v) is 20.8. The van der Waals surface area contributed by atoms with E-state index in [2.05, 4.69) is 125 Å². The highest BCUT2D eigenvalue weighted by Crippen LogP contribution is 2.43. The van der Waals surface area contributed by atoms with Crippen LogP contribution in [0.2, 0.25) is 0 Å². The van der Waals surface area contributed by atoms with Crippen LogP contribution in [0.15, 0.2) is 91.0 Å². The zero-order chi connectivity index (χ0) is 20.5. The van der Waals surface area contributed by atoms with Gasteiger partial charge >= 0.3 is 0 Å². The van der Waals surface area contributed by atoms with E-state index in [1.807, 2.05) is 18.2 Å². The summed E-state index contributed by atoms with van der Waals surface area (Å²) in [4.78, 5) is 0. The quantitative estimate of drug-likeness (QED) is 0.140. The molecule has 0 bridgehead atoms. The maximum Gasteiger partial charge on any atom is 0.145 e. The summed E-state index contributed by atoms with van der Waals surface area (Å²) in [7, 11) is 0. The normalized spacial score (nSPS) is 13.8. The van der Waals surface area contributed by atoms with Gasteiger partial charge in [0.15, 0.2) is 0 Å². The molecule has 0 fully saturated rings. The van der Waals surface area contributed by atoms with Gasteiger partial charge in [-0.2, -0.15) is 0 Å². The zero-order valence-electron chi connectivity index (χ0n) is 16.5. The molecule has 0 saturated heterocycles. The second-order valence-corrected chi connectivity index (χ2v) is 9.06. The molecule has 0 saturated carbocycles. The Bertz CT molecular complexity index is 744. The van der Waals surface area contributed by atoms with Crippen molar-refractivity contribution in [1.29, 1.82) is 0 Å². The van der Waals surface area contributed by atoms with Gasteiger partial charge in [-0.25, -0.2) is 0 Å². The van der Waals surface area contributed by atoms with Crippen molar-refractivity contribution in [2.24, 2.45) is 0 Å². The summed E-state index contributed by atoms with van der Waals surface area (Å²) in [6.07, 6.45) is 0.930. The molecule has 0 aliphatic carbocycles. The molecule has 0 spiro atoms. The Balaban J connectivity index is 2.14. The molecule has 2 atom stereocenters. The molecule has 4 heteroatoms. The Kier molecular flexibility index (Phi) is 8.96. The molecule has 0 aromatic heterocycles. The first-order chi connectivity index (χ1) is 14.2. The van der Waals surface area contributed by atoms with Crippen molar-refractivity contribution < 1.29 is 9.47 Å². The summed E-state index contributed by atoms with van der Waals surface area (Å²) in [6.45, 7) is 2.89. The van der Waals surface area contributed by atoms with E-state index in [9.17, 15) is 0 Å². The van der Waals surface area contributed by atoms with E-state index in [0.717, 1.165) is 34.1 Å². The minimum absolute atomic E-state index is 0.0286. The molecule has 0 amide bonds. The number of rotatable bonds is 10. The van der Waals surface area contributed by atoms with Gasteiger partial charge in [-0.1, -0.05) is 121 Å². The molecule has 3 rings (SSSR count). The predicted octanol–water partition coefficient (Wildman–Crippen LogP) is 6.99. The summed E-state index contributed by atoms with van der Waals surface area (Å²) >= 11 is 4.75. The van der Waals surface area contributed by atoms with Crippen LogP contribution in [0.1, 0.15) is 30.0 Å². The molecule has 2 unspecified atom stereocenters. The summed E-state index contributed by atoms with van der Waals surface area (Å²) in [5.41, 5.74) is 2.63. The number of alkyl halides is 2. The molecule has 0 radical (unpaired) electrons. The average Bonchev–Trinajstić information content (AvgIpc) is 2.80. The number of ether oxygens (including phenoxy) is 2. The van der Waals surface area contributed by atoms with Gasteiger partial charge in [0.05, 0.1) is 12.7 Å². The first-order valence-corrected chi connectivity index (χ1v) is 12.7. The van der Waals surface area contributed by atoms with Crippen LogP contribution >= 0.6 is 45.2 Å². The van der Waals surface area contributed by atoms with Crippen LogP contribution in [-0.2, 0) is 15.1 Å². The Hall–Kier alpha value is -0.960. The average molecular weight is 612 g/mol. The summed E-state index contributed by atoms with van der Waals surface area (Å²) in [5.74, 6) is 0. The SMILES string of the molecule is CCC(OCCI)C(I)OC(c1ccccc1)(c1ccccc1)c1ccccc1. The highest BCUT2D eigenvalue weighted by Gasteiger charge is 2.40. The van der Waals surface area contributed by atoms with E-state index < -0.39 is 5.60 Å². The van der Waals surface area contributed by atoms with Gasteiger partial charge in [0.1, 0.15) is 9.71 Å². The van der Waals surface area contributed by atoms with E-state index in [0.29, 0.717) is 0 Å². The van der Waals surface area contributed by atoms with Crippen LogP contribution in [0.4, 0.5) is 0 Å². The molecule has 152 valence electrons. The molecule has 0 heterocycles. The Morgan fingerprint density at radius 3 is 1.52 bits per heavy atom. The van der Waals surface area contributed by atoms with E-state index in [1.54, 1.807) is 0 Å². The second-order valence-electron chi connectivity index (χ2n) is 6.75.